The molecule has 4 rings (SSSR count). The fourth-order valence-corrected chi connectivity index (χ4v) is 4.85. The Morgan fingerprint density at radius 3 is 2.38 bits per heavy atom. The van der Waals surface area contributed by atoms with Crippen LogP contribution in [-0.4, -0.2) is 36.0 Å². The molecule has 0 spiro atoms. The van der Waals surface area contributed by atoms with E-state index in [1.807, 2.05) is 0 Å². The fraction of sp³-hybridized carbons (Fsp3) is 0.458. The van der Waals surface area contributed by atoms with Gasteiger partial charge in [0, 0.05) is 24.8 Å². The number of alkyl halides is 3. The van der Waals surface area contributed by atoms with Gasteiger partial charge in [-0.05, 0) is 49.6 Å². The summed E-state index contributed by atoms with van der Waals surface area (Å²) in [5, 5.41) is 0. The SMILES string of the molecule is Cl.O=C(c1ccccc1F)N(c1cccc(C(F)(F)F)c1)C1CCN(C2CCCCC2)C1. The Kier molecular flexibility index (Phi) is 7.83. The van der Waals surface area contributed by atoms with Gasteiger partial charge in [-0.1, -0.05) is 37.5 Å². The first-order valence-electron chi connectivity index (χ1n) is 10.8. The van der Waals surface area contributed by atoms with Crippen LogP contribution in [0.1, 0.15) is 54.4 Å². The number of amides is 1. The molecule has 1 saturated carbocycles. The van der Waals surface area contributed by atoms with E-state index in [1.165, 1.54) is 54.5 Å². The lowest BCUT2D eigenvalue weighted by molar-refractivity contribution is -0.137. The number of carbonyl (C=O) groups excluding carboxylic acids is 1. The van der Waals surface area contributed by atoms with Gasteiger partial charge < -0.3 is 4.90 Å². The van der Waals surface area contributed by atoms with Gasteiger partial charge in [0.1, 0.15) is 5.82 Å². The second kappa shape index (κ2) is 10.2. The highest BCUT2D eigenvalue weighted by Crippen LogP contribution is 2.35. The van der Waals surface area contributed by atoms with E-state index in [0.29, 0.717) is 19.0 Å². The number of likely N-dealkylation sites (tertiary alicyclic amines) is 1. The molecule has 1 aliphatic heterocycles. The van der Waals surface area contributed by atoms with Crippen LogP contribution < -0.4 is 4.90 Å². The minimum atomic E-state index is -4.52. The van der Waals surface area contributed by atoms with E-state index in [4.69, 9.17) is 0 Å². The second-order valence-corrected chi connectivity index (χ2v) is 8.43. The van der Waals surface area contributed by atoms with Gasteiger partial charge >= 0.3 is 6.18 Å². The van der Waals surface area contributed by atoms with E-state index in [1.54, 1.807) is 6.07 Å². The topological polar surface area (TPSA) is 23.6 Å². The third-order valence-corrected chi connectivity index (χ3v) is 6.43. The average Bonchev–Trinajstić information content (AvgIpc) is 3.24. The van der Waals surface area contributed by atoms with Crippen LogP contribution >= 0.6 is 12.4 Å². The van der Waals surface area contributed by atoms with Crippen molar-refractivity contribution in [3.8, 4) is 0 Å². The van der Waals surface area contributed by atoms with Crippen LogP contribution in [-0.2, 0) is 6.18 Å². The summed E-state index contributed by atoms with van der Waals surface area (Å²) in [7, 11) is 0. The molecule has 1 amide bonds. The lowest BCUT2D eigenvalue weighted by atomic mass is 9.94. The minimum absolute atomic E-state index is 0. The zero-order valence-corrected chi connectivity index (χ0v) is 18.5. The number of carbonyl (C=O) groups is 1. The molecule has 32 heavy (non-hydrogen) atoms. The molecule has 174 valence electrons. The Morgan fingerprint density at radius 1 is 0.969 bits per heavy atom. The lowest BCUT2D eigenvalue weighted by Gasteiger charge is -2.33. The van der Waals surface area contributed by atoms with E-state index in [2.05, 4.69) is 4.90 Å². The van der Waals surface area contributed by atoms with Crippen molar-refractivity contribution >= 4 is 24.0 Å². The Hall–Kier alpha value is -2.12. The first-order valence-corrected chi connectivity index (χ1v) is 10.8. The molecule has 1 aliphatic carbocycles. The number of hydrogen-bond acceptors (Lipinski definition) is 2. The summed E-state index contributed by atoms with van der Waals surface area (Å²) in [6.45, 7) is 1.37. The van der Waals surface area contributed by atoms with Crippen molar-refractivity contribution < 1.29 is 22.4 Å². The van der Waals surface area contributed by atoms with E-state index >= 15 is 0 Å². The molecule has 3 nitrogen and oxygen atoms in total. The van der Waals surface area contributed by atoms with Gasteiger partial charge in [0.05, 0.1) is 17.2 Å². The lowest BCUT2D eigenvalue weighted by Crippen LogP contribution is -2.44. The number of halogens is 5. The summed E-state index contributed by atoms with van der Waals surface area (Å²) in [6.07, 6.45) is 1.93. The summed E-state index contributed by atoms with van der Waals surface area (Å²) in [4.78, 5) is 17.1. The van der Waals surface area contributed by atoms with Gasteiger partial charge in [-0.3, -0.25) is 9.69 Å². The number of anilines is 1. The minimum Gasteiger partial charge on any atom is -0.304 e. The first-order chi connectivity index (χ1) is 14.8. The van der Waals surface area contributed by atoms with Crippen LogP contribution in [0.5, 0.6) is 0 Å². The highest BCUT2D eigenvalue weighted by atomic mass is 35.5. The molecule has 1 heterocycles. The van der Waals surface area contributed by atoms with E-state index < -0.39 is 23.5 Å². The fourth-order valence-electron chi connectivity index (χ4n) is 4.85. The van der Waals surface area contributed by atoms with E-state index in [-0.39, 0.29) is 29.7 Å². The molecule has 8 heteroatoms. The maximum Gasteiger partial charge on any atom is 0.416 e. The smallest absolute Gasteiger partial charge is 0.304 e. The van der Waals surface area contributed by atoms with Gasteiger partial charge in [-0.15, -0.1) is 12.4 Å². The Bertz CT molecular complexity index is 930. The summed E-state index contributed by atoms with van der Waals surface area (Å²) in [5.41, 5.74) is -0.798. The Labute approximate surface area is 191 Å². The van der Waals surface area contributed by atoms with Gasteiger partial charge in [0.25, 0.3) is 5.91 Å². The van der Waals surface area contributed by atoms with Crippen LogP contribution in [0.25, 0.3) is 0 Å². The van der Waals surface area contributed by atoms with Crippen molar-refractivity contribution in [3.05, 3.63) is 65.5 Å². The molecule has 1 unspecified atom stereocenters. The third-order valence-electron chi connectivity index (χ3n) is 6.43. The number of hydrogen-bond donors (Lipinski definition) is 0. The normalized spacial score (nSPS) is 20.1. The maximum atomic E-state index is 14.4. The summed E-state index contributed by atoms with van der Waals surface area (Å²) in [6, 6.07) is 10.5. The number of nitrogens with zero attached hydrogens (tertiary/aromatic N) is 2. The standard InChI is InChI=1S/C24H26F4N2O.ClH/c25-22-12-5-4-11-21(22)23(31)30(19-10-6-7-17(15-19)24(26,27)28)20-13-14-29(16-20)18-8-2-1-3-9-18;/h4-7,10-12,15,18,20H,1-3,8-9,13-14,16H2;1H. The molecule has 0 bridgehead atoms. The summed E-state index contributed by atoms with van der Waals surface area (Å²) in [5.74, 6) is -1.28. The second-order valence-electron chi connectivity index (χ2n) is 8.43. The molecule has 2 aromatic rings. The molecular weight excluding hydrogens is 444 g/mol. The van der Waals surface area contributed by atoms with Gasteiger partial charge in [-0.25, -0.2) is 4.39 Å². The number of rotatable bonds is 4. The first kappa shape index (κ1) is 24.5. The van der Waals surface area contributed by atoms with Gasteiger partial charge in [0.2, 0.25) is 0 Å². The predicted octanol–water partition coefficient (Wildman–Crippen LogP) is 6.32. The van der Waals surface area contributed by atoms with Crippen LogP contribution in [0.4, 0.5) is 23.2 Å². The third kappa shape index (κ3) is 5.26. The molecule has 1 saturated heterocycles. The van der Waals surface area contributed by atoms with Crippen molar-refractivity contribution in [2.24, 2.45) is 0 Å². The monoisotopic (exact) mass is 470 g/mol. The molecular formula is C24H27ClF4N2O. The summed E-state index contributed by atoms with van der Waals surface area (Å²) >= 11 is 0. The highest BCUT2D eigenvalue weighted by Gasteiger charge is 2.37. The van der Waals surface area contributed by atoms with E-state index in [0.717, 1.165) is 31.5 Å². The molecule has 0 radical (unpaired) electrons. The number of benzene rings is 2. The zero-order valence-electron chi connectivity index (χ0n) is 17.7. The van der Waals surface area contributed by atoms with Crippen molar-refractivity contribution in [1.82, 2.24) is 4.90 Å². The molecule has 0 aromatic heterocycles. The van der Waals surface area contributed by atoms with E-state index in [9.17, 15) is 22.4 Å². The Balaban J connectivity index is 0.00000289. The van der Waals surface area contributed by atoms with Crippen molar-refractivity contribution in [2.45, 2.75) is 56.8 Å². The average molecular weight is 471 g/mol. The predicted molar refractivity (Wildman–Crippen MR) is 119 cm³/mol. The van der Waals surface area contributed by atoms with Crippen LogP contribution in [0.2, 0.25) is 0 Å². The van der Waals surface area contributed by atoms with Gasteiger partial charge in [-0.2, -0.15) is 13.2 Å². The molecule has 0 N–H and O–H groups in total. The summed E-state index contributed by atoms with van der Waals surface area (Å²) < 4.78 is 54.4. The Morgan fingerprint density at radius 2 is 1.69 bits per heavy atom. The van der Waals surface area contributed by atoms with Crippen molar-refractivity contribution in [1.29, 1.82) is 0 Å². The molecule has 2 aliphatic rings. The van der Waals surface area contributed by atoms with Crippen LogP contribution in [0, 0.1) is 5.82 Å². The maximum absolute atomic E-state index is 14.4. The van der Waals surface area contributed by atoms with Gasteiger partial charge in [0.15, 0.2) is 0 Å². The van der Waals surface area contributed by atoms with Crippen molar-refractivity contribution in [2.75, 3.05) is 18.0 Å². The van der Waals surface area contributed by atoms with Crippen LogP contribution in [0.15, 0.2) is 48.5 Å². The molecule has 2 aromatic carbocycles. The largest absolute Gasteiger partial charge is 0.416 e. The van der Waals surface area contributed by atoms with Crippen LogP contribution in [0.3, 0.4) is 0 Å². The zero-order chi connectivity index (χ0) is 22.0. The highest BCUT2D eigenvalue weighted by molar-refractivity contribution is 6.06. The van der Waals surface area contributed by atoms with Crippen molar-refractivity contribution in [3.63, 3.8) is 0 Å². The molecule has 1 atom stereocenters. The quantitative estimate of drug-likeness (QED) is 0.488. The molecule has 2 fully saturated rings.